The number of hydrogen-bond donors (Lipinski definition) is 1. The van der Waals surface area contributed by atoms with Crippen LogP contribution in [0.3, 0.4) is 0 Å². The predicted octanol–water partition coefficient (Wildman–Crippen LogP) is 2.47. The van der Waals surface area contributed by atoms with Gasteiger partial charge >= 0.3 is 0 Å². The van der Waals surface area contributed by atoms with Gasteiger partial charge < -0.3 is 0 Å². The number of halogens is 1. The van der Waals surface area contributed by atoms with Crippen molar-refractivity contribution in [2.75, 3.05) is 6.54 Å². The Hall–Kier alpha value is -0.680. The van der Waals surface area contributed by atoms with E-state index in [1.54, 1.807) is 0 Å². The second-order valence-corrected chi connectivity index (χ2v) is 5.67. The maximum absolute atomic E-state index is 11.3. The van der Waals surface area contributed by atoms with Gasteiger partial charge in [0.1, 0.15) is 0 Å². The number of H-pyrrole nitrogens is 1. The average molecular weight is 300 g/mol. The van der Waals surface area contributed by atoms with Crippen LogP contribution in [0.4, 0.5) is 0 Å². The summed E-state index contributed by atoms with van der Waals surface area (Å²) in [6.45, 7) is 5.53. The third-order valence-electron chi connectivity index (χ3n) is 3.33. The van der Waals surface area contributed by atoms with Gasteiger partial charge in [0.05, 0.1) is 16.2 Å². The molecule has 0 radical (unpaired) electrons. The van der Waals surface area contributed by atoms with Crippen LogP contribution >= 0.6 is 15.9 Å². The molecule has 4 nitrogen and oxygen atoms in total. The molecule has 1 fully saturated rings. The average Bonchev–Trinajstić information content (AvgIpc) is 2.32. The Morgan fingerprint density at radius 2 is 2.29 bits per heavy atom. The Morgan fingerprint density at radius 3 is 2.94 bits per heavy atom. The van der Waals surface area contributed by atoms with Crippen molar-refractivity contribution in [2.45, 2.75) is 45.2 Å². The highest BCUT2D eigenvalue weighted by molar-refractivity contribution is 9.10. The largest absolute Gasteiger partial charge is 0.292 e. The molecule has 1 unspecified atom stereocenters. The van der Waals surface area contributed by atoms with Crippen molar-refractivity contribution in [3.8, 4) is 0 Å². The third-order valence-corrected chi connectivity index (χ3v) is 3.92. The summed E-state index contributed by atoms with van der Waals surface area (Å²) in [5.74, 6) is 0. The molecule has 1 N–H and O–H groups in total. The molecular formula is C12H18BrN3O. The first-order chi connectivity index (χ1) is 8.09. The molecule has 0 saturated carbocycles. The molecule has 1 aromatic heterocycles. The minimum atomic E-state index is -0.166. The van der Waals surface area contributed by atoms with Gasteiger partial charge in [-0.3, -0.25) is 9.69 Å². The lowest BCUT2D eigenvalue weighted by molar-refractivity contribution is 0.108. The van der Waals surface area contributed by atoms with E-state index >= 15 is 0 Å². The van der Waals surface area contributed by atoms with E-state index in [-0.39, 0.29) is 5.56 Å². The zero-order valence-electron chi connectivity index (χ0n) is 10.2. The summed E-state index contributed by atoms with van der Waals surface area (Å²) in [4.78, 5) is 13.7. The van der Waals surface area contributed by atoms with Crippen LogP contribution in [0.5, 0.6) is 0 Å². The number of piperidine rings is 1. The quantitative estimate of drug-likeness (QED) is 0.913. The normalized spacial score (nSPS) is 22.0. The van der Waals surface area contributed by atoms with Crippen molar-refractivity contribution in [1.82, 2.24) is 15.1 Å². The fourth-order valence-electron chi connectivity index (χ4n) is 2.46. The molecule has 0 spiro atoms. The highest BCUT2D eigenvalue weighted by atomic mass is 79.9. The number of likely N-dealkylation sites (tertiary alicyclic amines) is 1. The minimum Gasteiger partial charge on any atom is -0.292 e. The summed E-state index contributed by atoms with van der Waals surface area (Å²) >= 11 is 3.27. The van der Waals surface area contributed by atoms with Crippen LogP contribution in [0.1, 0.15) is 44.8 Å². The lowest BCUT2D eigenvalue weighted by Crippen LogP contribution is -2.39. The van der Waals surface area contributed by atoms with E-state index in [1.165, 1.54) is 12.8 Å². The molecular weight excluding hydrogens is 282 g/mol. The van der Waals surface area contributed by atoms with E-state index in [2.05, 4.69) is 44.9 Å². The van der Waals surface area contributed by atoms with Crippen molar-refractivity contribution in [3.05, 3.63) is 26.6 Å². The van der Waals surface area contributed by atoms with Crippen LogP contribution in [0, 0.1) is 0 Å². The second kappa shape index (κ2) is 5.31. The smallest absolute Gasteiger partial charge is 0.278 e. The number of aromatic nitrogens is 2. The molecule has 1 aromatic rings. The molecule has 0 aliphatic carbocycles. The molecule has 0 aromatic carbocycles. The van der Waals surface area contributed by atoms with Gasteiger partial charge in [-0.05, 0) is 55.2 Å². The van der Waals surface area contributed by atoms with Crippen LogP contribution < -0.4 is 5.56 Å². The summed E-state index contributed by atoms with van der Waals surface area (Å²) in [7, 11) is 0. The number of nitrogens with zero attached hydrogens (tertiary/aromatic N) is 2. The molecule has 1 atom stereocenters. The molecule has 5 heteroatoms. The third kappa shape index (κ3) is 2.77. The molecule has 0 bridgehead atoms. The summed E-state index contributed by atoms with van der Waals surface area (Å²) in [5.41, 5.74) is 0.797. The summed E-state index contributed by atoms with van der Waals surface area (Å²) < 4.78 is 0.566. The Balaban J connectivity index is 2.29. The number of aromatic amines is 1. The Morgan fingerprint density at radius 1 is 1.53 bits per heavy atom. The predicted molar refractivity (Wildman–Crippen MR) is 71.0 cm³/mol. The van der Waals surface area contributed by atoms with E-state index in [4.69, 9.17) is 0 Å². The van der Waals surface area contributed by atoms with Gasteiger partial charge in [0.2, 0.25) is 0 Å². The zero-order valence-corrected chi connectivity index (χ0v) is 11.8. The topological polar surface area (TPSA) is 49.0 Å². The van der Waals surface area contributed by atoms with E-state index in [1.807, 2.05) is 6.07 Å². The first-order valence-corrected chi connectivity index (χ1v) is 6.89. The number of nitrogens with one attached hydrogen (secondary N) is 1. The molecule has 1 aliphatic heterocycles. The summed E-state index contributed by atoms with van der Waals surface area (Å²) in [6.07, 6.45) is 3.59. The van der Waals surface area contributed by atoms with E-state index in [0.29, 0.717) is 16.6 Å². The van der Waals surface area contributed by atoms with Gasteiger partial charge in [-0.2, -0.15) is 5.10 Å². The molecule has 1 aliphatic rings. The van der Waals surface area contributed by atoms with Gasteiger partial charge in [0, 0.05) is 6.04 Å². The molecule has 0 amide bonds. The fourth-order valence-corrected chi connectivity index (χ4v) is 2.78. The standard InChI is InChI=1S/C12H18BrN3O/c1-8(2)16-6-4-3-5-11(16)10-7-9(13)12(17)15-14-10/h7-8,11H,3-6H2,1-2H3,(H,15,17). The number of hydrogen-bond acceptors (Lipinski definition) is 3. The van der Waals surface area contributed by atoms with Crippen LogP contribution in [0.25, 0.3) is 0 Å². The Labute approximate surface area is 110 Å². The first-order valence-electron chi connectivity index (χ1n) is 6.10. The second-order valence-electron chi connectivity index (χ2n) is 4.81. The van der Waals surface area contributed by atoms with Crippen molar-refractivity contribution in [3.63, 3.8) is 0 Å². The lowest BCUT2D eigenvalue weighted by atomic mass is 9.97. The number of rotatable bonds is 2. The van der Waals surface area contributed by atoms with Crippen LogP contribution in [0.2, 0.25) is 0 Å². The molecule has 1 saturated heterocycles. The van der Waals surface area contributed by atoms with E-state index in [9.17, 15) is 4.79 Å². The molecule has 2 heterocycles. The van der Waals surface area contributed by atoms with Crippen LogP contribution in [-0.2, 0) is 0 Å². The van der Waals surface area contributed by atoms with Crippen molar-refractivity contribution in [2.24, 2.45) is 0 Å². The monoisotopic (exact) mass is 299 g/mol. The minimum absolute atomic E-state index is 0.166. The Bertz CT molecular complexity index is 444. The van der Waals surface area contributed by atoms with E-state index < -0.39 is 0 Å². The SMILES string of the molecule is CC(C)N1CCCCC1c1cc(Br)c(=O)[nH]n1. The van der Waals surface area contributed by atoms with Gasteiger partial charge in [-0.15, -0.1) is 0 Å². The van der Waals surface area contributed by atoms with Gasteiger partial charge in [0.25, 0.3) is 5.56 Å². The summed E-state index contributed by atoms with van der Waals surface area (Å²) in [6, 6.07) is 2.69. The van der Waals surface area contributed by atoms with Crippen molar-refractivity contribution >= 4 is 15.9 Å². The van der Waals surface area contributed by atoms with Gasteiger partial charge in [0.15, 0.2) is 0 Å². The first kappa shape index (κ1) is 12.8. The van der Waals surface area contributed by atoms with Gasteiger partial charge in [-0.1, -0.05) is 6.42 Å². The van der Waals surface area contributed by atoms with Crippen molar-refractivity contribution < 1.29 is 0 Å². The molecule has 94 valence electrons. The van der Waals surface area contributed by atoms with Gasteiger partial charge in [-0.25, -0.2) is 5.10 Å². The van der Waals surface area contributed by atoms with E-state index in [0.717, 1.165) is 18.7 Å². The lowest BCUT2D eigenvalue weighted by Gasteiger charge is -2.38. The zero-order chi connectivity index (χ0) is 12.4. The van der Waals surface area contributed by atoms with Crippen molar-refractivity contribution in [1.29, 1.82) is 0 Å². The summed E-state index contributed by atoms with van der Waals surface area (Å²) in [5, 5.41) is 6.73. The Kier molecular flexibility index (Phi) is 3.99. The highest BCUT2D eigenvalue weighted by Gasteiger charge is 2.27. The van der Waals surface area contributed by atoms with Crippen LogP contribution in [0.15, 0.2) is 15.3 Å². The maximum atomic E-state index is 11.3. The molecule has 2 rings (SSSR count). The maximum Gasteiger partial charge on any atom is 0.278 e. The molecule has 17 heavy (non-hydrogen) atoms. The van der Waals surface area contributed by atoms with Crippen LogP contribution in [-0.4, -0.2) is 27.7 Å². The fraction of sp³-hybridized carbons (Fsp3) is 0.667. The highest BCUT2D eigenvalue weighted by Crippen LogP contribution is 2.31.